The van der Waals surface area contributed by atoms with Crippen molar-refractivity contribution in [3.63, 3.8) is 0 Å². The second-order valence-corrected chi connectivity index (χ2v) is 5.08. The van der Waals surface area contributed by atoms with Crippen LogP contribution in [0.4, 0.5) is 5.69 Å². The molecule has 6 nitrogen and oxygen atoms in total. The van der Waals surface area contributed by atoms with Crippen LogP contribution in [0.5, 0.6) is 0 Å². The number of amides is 2. The molecule has 0 saturated carbocycles. The molecular formula is C14H15ClN2O4. The standard InChI is InChI=1S/C14H15ClN2O4/c1-16-13(19)10-4-3-9(6-11(10)15)17-7-8(5-12(17)18)14(20)21-2/h3-4,6,8H,5,7H2,1-2H3,(H,16,19). The predicted molar refractivity (Wildman–Crippen MR) is 77.3 cm³/mol. The Kier molecular flexibility index (Phi) is 4.47. The van der Waals surface area contributed by atoms with Crippen LogP contribution in [0.3, 0.4) is 0 Å². The molecule has 1 heterocycles. The third kappa shape index (κ3) is 3.00. The summed E-state index contributed by atoms with van der Waals surface area (Å²) >= 11 is 6.06. The van der Waals surface area contributed by atoms with Gasteiger partial charge in [-0.25, -0.2) is 0 Å². The molecule has 2 rings (SSSR count). The van der Waals surface area contributed by atoms with Crippen LogP contribution < -0.4 is 10.2 Å². The van der Waals surface area contributed by atoms with Gasteiger partial charge < -0.3 is 15.0 Å². The first-order chi connectivity index (χ1) is 9.97. The van der Waals surface area contributed by atoms with Gasteiger partial charge in [0, 0.05) is 25.7 Å². The Bertz CT molecular complexity index is 603. The first kappa shape index (κ1) is 15.3. The quantitative estimate of drug-likeness (QED) is 0.852. The molecule has 21 heavy (non-hydrogen) atoms. The summed E-state index contributed by atoms with van der Waals surface area (Å²) in [6.07, 6.45) is 0.113. The number of ether oxygens (including phenoxy) is 1. The average Bonchev–Trinajstić information content (AvgIpc) is 2.87. The number of nitrogens with one attached hydrogen (secondary N) is 1. The molecule has 1 aromatic rings. The Morgan fingerprint density at radius 2 is 2.14 bits per heavy atom. The number of halogens is 1. The van der Waals surface area contributed by atoms with Gasteiger partial charge in [0.1, 0.15) is 0 Å². The zero-order valence-electron chi connectivity index (χ0n) is 11.7. The summed E-state index contributed by atoms with van der Waals surface area (Å²) in [6.45, 7) is 0.251. The van der Waals surface area contributed by atoms with Gasteiger partial charge in [0.05, 0.1) is 23.6 Å². The SMILES string of the molecule is CNC(=O)c1ccc(N2CC(C(=O)OC)CC2=O)cc1Cl. The minimum absolute atomic E-state index is 0.113. The molecule has 7 heteroatoms. The van der Waals surface area contributed by atoms with E-state index in [9.17, 15) is 14.4 Å². The highest BCUT2D eigenvalue weighted by atomic mass is 35.5. The molecule has 1 aliphatic heterocycles. The Morgan fingerprint density at radius 3 is 2.71 bits per heavy atom. The number of benzene rings is 1. The zero-order chi connectivity index (χ0) is 15.6. The number of methoxy groups -OCH3 is 1. The molecule has 1 aromatic carbocycles. The Hall–Kier alpha value is -2.08. The highest BCUT2D eigenvalue weighted by molar-refractivity contribution is 6.34. The van der Waals surface area contributed by atoms with Crippen molar-refractivity contribution in [2.75, 3.05) is 25.6 Å². The molecule has 0 bridgehead atoms. The number of carbonyl (C=O) groups is 3. The van der Waals surface area contributed by atoms with Crippen LogP contribution in [0.1, 0.15) is 16.8 Å². The van der Waals surface area contributed by atoms with E-state index in [1.165, 1.54) is 19.1 Å². The van der Waals surface area contributed by atoms with Gasteiger partial charge in [-0.3, -0.25) is 14.4 Å². The van der Waals surface area contributed by atoms with Crippen LogP contribution in [-0.2, 0) is 14.3 Å². The van der Waals surface area contributed by atoms with E-state index >= 15 is 0 Å². The lowest BCUT2D eigenvalue weighted by Crippen LogP contribution is -2.26. The molecule has 112 valence electrons. The van der Waals surface area contributed by atoms with E-state index < -0.39 is 11.9 Å². The molecule has 0 radical (unpaired) electrons. The molecule has 0 aromatic heterocycles. The molecule has 2 amide bonds. The molecule has 1 unspecified atom stereocenters. The van der Waals surface area contributed by atoms with Crippen LogP contribution in [0.15, 0.2) is 18.2 Å². The largest absolute Gasteiger partial charge is 0.469 e. The molecule has 1 fully saturated rings. The second-order valence-electron chi connectivity index (χ2n) is 4.67. The van der Waals surface area contributed by atoms with Crippen molar-refractivity contribution in [1.82, 2.24) is 5.32 Å². The zero-order valence-corrected chi connectivity index (χ0v) is 12.4. The predicted octanol–water partition coefficient (Wildman–Crippen LogP) is 1.23. The summed E-state index contributed by atoms with van der Waals surface area (Å²) in [5.41, 5.74) is 0.892. The van der Waals surface area contributed by atoms with E-state index in [2.05, 4.69) is 10.1 Å². The lowest BCUT2D eigenvalue weighted by molar-refractivity contribution is -0.145. The van der Waals surface area contributed by atoms with Crippen LogP contribution in [-0.4, -0.2) is 38.5 Å². The first-order valence-electron chi connectivity index (χ1n) is 6.37. The van der Waals surface area contributed by atoms with Crippen molar-refractivity contribution < 1.29 is 19.1 Å². The molecular weight excluding hydrogens is 296 g/mol. The molecule has 1 saturated heterocycles. The maximum atomic E-state index is 12.0. The fourth-order valence-corrected chi connectivity index (χ4v) is 2.53. The monoisotopic (exact) mass is 310 g/mol. The lowest BCUT2D eigenvalue weighted by Gasteiger charge is -2.17. The summed E-state index contributed by atoms with van der Waals surface area (Å²) < 4.78 is 4.66. The topological polar surface area (TPSA) is 75.7 Å². The van der Waals surface area contributed by atoms with Gasteiger partial charge in [0.15, 0.2) is 0 Å². The summed E-state index contributed by atoms with van der Waals surface area (Å²) in [4.78, 5) is 36.5. The Morgan fingerprint density at radius 1 is 1.43 bits per heavy atom. The molecule has 0 aliphatic carbocycles. The minimum Gasteiger partial charge on any atom is -0.469 e. The maximum absolute atomic E-state index is 12.0. The van der Waals surface area contributed by atoms with E-state index in [4.69, 9.17) is 11.6 Å². The number of esters is 1. The van der Waals surface area contributed by atoms with Gasteiger partial charge in [-0.05, 0) is 18.2 Å². The number of carbonyl (C=O) groups excluding carboxylic acids is 3. The summed E-state index contributed by atoms with van der Waals surface area (Å²) in [7, 11) is 2.81. The van der Waals surface area contributed by atoms with Crippen molar-refractivity contribution in [2.45, 2.75) is 6.42 Å². The first-order valence-corrected chi connectivity index (χ1v) is 6.75. The van der Waals surface area contributed by atoms with Gasteiger partial charge in [-0.2, -0.15) is 0 Å². The van der Waals surface area contributed by atoms with Crippen LogP contribution in [0, 0.1) is 5.92 Å². The van der Waals surface area contributed by atoms with Gasteiger partial charge in [-0.1, -0.05) is 11.6 Å². The fraction of sp³-hybridized carbons (Fsp3) is 0.357. The number of anilines is 1. The van der Waals surface area contributed by atoms with E-state index in [-0.39, 0.29) is 29.8 Å². The van der Waals surface area contributed by atoms with Gasteiger partial charge in [0.25, 0.3) is 5.91 Å². The van der Waals surface area contributed by atoms with E-state index in [1.54, 1.807) is 18.2 Å². The highest BCUT2D eigenvalue weighted by Gasteiger charge is 2.36. The summed E-state index contributed by atoms with van der Waals surface area (Å²) in [6, 6.07) is 4.73. The summed E-state index contributed by atoms with van der Waals surface area (Å²) in [5.74, 6) is -1.35. The van der Waals surface area contributed by atoms with Crippen LogP contribution in [0.25, 0.3) is 0 Å². The maximum Gasteiger partial charge on any atom is 0.311 e. The molecule has 1 N–H and O–H groups in total. The molecule has 0 spiro atoms. The van der Waals surface area contributed by atoms with Crippen molar-refractivity contribution in [3.05, 3.63) is 28.8 Å². The average molecular weight is 311 g/mol. The lowest BCUT2D eigenvalue weighted by atomic mass is 10.1. The van der Waals surface area contributed by atoms with Gasteiger partial charge >= 0.3 is 5.97 Å². The van der Waals surface area contributed by atoms with Crippen LogP contribution >= 0.6 is 11.6 Å². The third-order valence-electron chi connectivity index (χ3n) is 3.40. The number of hydrogen-bond donors (Lipinski definition) is 1. The highest BCUT2D eigenvalue weighted by Crippen LogP contribution is 2.29. The number of nitrogens with zero attached hydrogens (tertiary/aromatic N) is 1. The minimum atomic E-state index is -0.472. The fourth-order valence-electron chi connectivity index (χ4n) is 2.27. The van der Waals surface area contributed by atoms with Gasteiger partial charge in [-0.15, -0.1) is 0 Å². The van der Waals surface area contributed by atoms with Crippen molar-refractivity contribution >= 4 is 35.1 Å². The second kappa shape index (κ2) is 6.13. The molecule has 1 aliphatic rings. The number of hydrogen-bond acceptors (Lipinski definition) is 4. The van der Waals surface area contributed by atoms with E-state index in [0.717, 1.165) is 0 Å². The van der Waals surface area contributed by atoms with Gasteiger partial charge in [0.2, 0.25) is 5.91 Å². The third-order valence-corrected chi connectivity index (χ3v) is 3.71. The normalized spacial score (nSPS) is 17.8. The van der Waals surface area contributed by atoms with Crippen LogP contribution in [0.2, 0.25) is 5.02 Å². The van der Waals surface area contributed by atoms with Crippen molar-refractivity contribution in [1.29, 1.82) is 0 Å². The smallest absolute Gasteiger partial charge is 0.311 e. The van der Waals surface area contributed by atoms with Crippen molar-refractivity contribution in [3.8, 4) is 0 Å². The Balaban J connectivity index is 2.23. The Labute approximate surface area is 127 Å². The number of rotatable bonds is 3. The van der Waals surface area contributed by atoms with E-state index in [1.807, 2.05) is 0 Å². The van der Waals surface area contributed by atoms with Crippen molar-refractivity contribution in [2.24, 2.45) is 5.92 Å². The van der Waals surface area contributed by atoms with E-state index in [0.29, 0.717) is 11.3 Å². The summed E-state index contributed by atoms with van der Waals surface area (Å²) in [5, 5.41) is 2.74. The molecule has 1 atom stereocenters.